The fourth-order valence-corrected chi connectivity index (χ4v) is 5.75. The predicted octanol–water partition coefficient (Wildman–Crippen LogP) is 3.72. The molecule has 3 aromatic rings. The summed E-state index contributed by atoms with van der Waals surface area (Å²) in [5.74, 6) is -1.01. The van der Waals surface area contributed by atoms with Crippen LogP contribution in [0.2, 0.25) is 5.02 Å². The Kier molecular flexibility index (Phi) is 8.27. The number of methoxy groups -OCH3 is 1. The number of anilines is 1. The number of hydrogen-bond donors (Lipinski definition) is 1. The lowest BCUT2D eigenvalue weighted by Gasteiger charge is -2.40. The highest BCUT2D eigenvalue weighted by Gasteiger charge is 2.33. The molecule has 0 radical (unpaired) electrons. The second-order valence-corrected chi connectivity index (χ2v) is 10.7. The summed E-state index contributed by atoms with van der Waals surface area (Å²) in [7, 11) is 1.45. The SMILES string of the molecule is COCC(C)n1c(=O)c(-c2cccc(F)c2Cl)cn(CC(=O)N2CCC(N3Cc4ccccc4NC3=O)CC2)c1=O. The molecular weight excluding hydrogens is 553 g/mol. The standard InChI is InChI=1S/C29H31ClFN5O5/c1-18(17-41-2)36-27(38)22(21-7-5-8-23(31)26(21)30)15-34(29(36)40)16-25(37)33-12-10-20(11-13-33)35-14-19-6-3-4-9-24(19)32-28(35)39/h3-9,15,18,20H,10-14,16-17H2,1-2H3,(H,32,39). The minimum Gasteiger partial charge on any atom is -0.383 e. The van der Waals surface area contributed by atoms with Crippen molar-refractivity contribution in [3.63, 3.8) is 0 Å². The number of amides is 3. The molecule has 216 valence electrons. The summed E-state index contributed by atoms with van der Waals surface area (Å²) >= 11 is 6.19. The summed E-state index contributed by atoms with van der Waals surface area (Å²) in [6, 6.07) is 10.9. The zero-order valence-corrected chi connectivity index (χ0v) is 23.6. The topological polar surface area (TPSA) is 106 Å². The molecule has 1 aromatic heterocycles. The van der Waals surface area contributed by atoms with Crippen molar-refractivity contribution in [3.05, 3.63) is 85.9 Å². The molecule has 12 heteroatoms. The molecule has 10 nitrogen and oxygen atoms in total. The zero-order chi connectivity index (χ0) is 29.3. The molecule has 1 N–H and O–H groups in total. The third kappa shape index (κ3) is 5.64. The smallest absolute Gasteiger partial charge is 0.331 e. The van der Waals surface area contributed by atoms with Gasteiger partial charge in [0.15, 0.2) is 0 Å². The van der Waals surface area contributed by atoms with Gasteiger partial charge in [0.2, 0.25) is 5.91 Å². The molecule has 1 fully saturated rings. The highest BCUT2D eigenvalue weighted by molar-refractivity contribution is 6.33. The maximum atomic E-state index is 14.3. The van der Waals surface area contributed by atoms with Gasteiger partial charge in [-0.3, -0.25) is 18.7 Å². The Morgan fingerprint density at radius 2 is 1.83 bits per heavy atom. The summed E-state index contributed by atoms with van der Waals surface area (Å²) in [6.45, 7) is 2.72. The highest BCUT2D eigenvalue weighted by Crippen LogP contribution is 2.29. The Hall–Kier alpha value is -3.96. The number of aromatic nitrogens is 2. The van der Waals surface area contributed by atoms with Crippen molar-refractivity contribution in [1.29, 1.82) is 0 Å². The third-order valence-electron chi connectivity index (χ3n) is 7.70. The number of hydrogen-bond acceptors (Lipinski definition) is 5. The minimum atomic E-state index is -0.706. The molecule has 2 aliphatic rings. The van der Waals surface area contributed by atoms with Crippen molar-refractivity contribution in [2.75, 3.05) is 32.1 Å². The number of rotatable bonds is 7. The van der Waals surface area contributed by atoms with Crippen molar-refractivity contribution in [1.82, 2.24) is 18.9 Å². The van der Waals surface area contributed by atoms with Gasteiger partial charge in [0.05, 0.1) is 23.2 Å². The first-order valence-electron chi connectivity index (χ1n) is 13.4. The van der Waals surface area contributed by atoms with Crippen LogP contribution in [0, 0.1) is 5.82 Å². The summed E-state index contributed by atoms with van der Waals surface area (Å²) in [5.41, 5.74) is 0.642. The lowest BCUT2D eigenvalue weighted by atomic mass is 10.0. The maximum Gasteiger partial charge on any atom is 0.331 e. The van der Waals surface area contributed by atoms with Gasteiger partial charge in [0.25, 0.3) is 5.56 Å². The van der Waals surface area contributed by atoms with Gasteiger partial charge in [-0.15, -0.1) is 0 Å². The van der Waals surface area contributed by atoms with Crippen LogP contribution in [-0.4, -0.2) is 63.7 Å². The molecule has 2 aromatic carbocycles. The first-order chi connectivity index (χ1) is 19.7. The number of carbonyl (C=O) groups excluding carboxylic acids is 2. The number of ether oxygens (including phenoxy) is 1. The molecule has 0 saturated carbocycles. The summed E-state index contributed by atoms with van der Waals surface area (Å²) in [4.78, 5) is 56.3. The van der Waals surface area contributed by atoms with Crippen LogP contribution in [0.25, 0.3) is 11.1 Å². The van der Waals surface area contributed by atoms with E-state index in [4.69, 9.17) is 16.3 Å². The van der Waals surface area contributed by atoms with E-state index < -0.39 is 23.1 Å². The zero-order valence-electron chi connectivity index (χ0n) is 22.8. The lowest BCUT2D eigenvalue weighted by Crippen LogP contribution is -2.52. The monoisotopic (exact) mass is 583 g/mol. The number of carbonyl (C=O) groups is 2. The molecule has 0 aliphatic carbocycles. The molecule has 1 unspecified atom stereocenters. The van der Waals surface area contributed by atoms with Crippen LogP contribution in [-0.2, 0) is 22.6 Å². The molecule has 3 amide bonds. The van der Waals surface area contributed by atoms with E-state index in [9.17, 15) is 23.6 Å². The Morgan fingerprint density at radius 1 is 1.10 bits per heavy atom. The van der Waals surface area contributed by atoms with Crippen LogP contribution in [0.15, 0.2) is 58.3 Å². The first-order valence-corrected chi connectivity index (χ1v) is 13.8. The second-order valence-electron chi connectivity index (χ2n) is 10.4. The van der Waals surface area contributed by atoms with E-state index in [0.717, 1.165) is 20.4 Å². The third-order valence-corrected chi connectivity index (χ3v) is 8.08. The molecular formula is C29H31ClFN5O5. The van der Waals surface area contributed by atoms with E-state index in [2.05, 4.69) is 5.32 Å². The van der Waals surface area contributed by atoms with E-state index in [1.165, 1.54) is 31.5 Å². The highest BCUT2D eigenvalue weighted by atomic mass is 35.5. The van der Waals surface area contributed by atoms with Crippen LogP contribution in [0.1, 0.15) is 31.4 Å². The molecule has 0 bridgehead atoms. The van der Waals surface area contributed by atoms with E-state index in [0.29, 0.717) is 32.5 Å². The average molecular weight is 584 g/mol. The molecule has 0 spiro atoms. The number of para-hydroxylation sites is 1. The van der Waals surface area contributed by atoms with Gasteiger partial charge >= 0.3 is 11.7 Å². The number of benzene rings is 2. The normalized spacial score (nSPS) is 16.3. The Balaban J connectivity index is 1.36. The molecule has 1 atom stereocenters. The fourth-order valence-electron chi connectivity index (χ4n) is 5.53. The maximum absolute atomic E-state index is 14.3. The quantitative estimate of drug-likeness (QED) is 0.456. The summed E-state index contributed by atoms with van der Waals surface area (Å²) in [6.07, 6.45) is 2.44. The Morgan fingerprint density at radius 3 is 2.56 bits per heavy atom. The number of nitrogens with zero attached hydrogens (tertiary/aromatic N) is 4. The van der Waals surface area contributed by atoms with Crippen LogP contribution >= 0.6 is 11.6 Å². The number of piperidine rings is 1. The van der Waals surface area contributed by atoms with Crippen molar-refractivity contribution in [2.45, 2.75) is 44.9 Å². The van der Waals surface area contributed by atoms with Crippen molar-refractivity contribution in [3.8, 4) is 11.1 Å². The summed E-state index contributed by atoms with van der Waals surface area (Å²) < 4.78 is 21.6. The fraction of sp³-hybridized carbons (Fsp3) is 0.379. The summed E-state index contributed by atoms with van der Waals surface area (Å²) in [5, 5.41) is 2.68. The average Bonchev–Trinajstić information content (AvgIpc) is 2.96. The van der Waals surface area contributed by atoms with Crippen molar-refractivity contribution < 1.29 is 18.7 Å². The molecule has 1 saturated heterocycles. The van der Waals surface area contributed by atoms with Gasteiger partial charge in [0.1, 0.15) is 12.4 Å². The van der Waals surface area contributed by atoms with Gasteiger partial charge in [-0.1, -0.05) is 41.9 Å². The Bertz CT molecular complexity index is 1600. The van der Waals surface area contributed by atoms with Gasteiger partial charge in [-0.2, -0.15) is 0 Å². The Labute approximate surface area is 240 Å². The number of urea groups is 1. The van der Waals surface area contributed by atoms with E-state index in [-0.39, 0.29) is 47.3 Å². The van der Waals surface area contributed by atoms with E-state index >= 15 is 0 Å². The molecule has 41 heavy (non-hydrogen) atoms. The van der Waals surface area contributed by atoms with Gasteiger partial charge in [0, 0.05) is 50.2 Å². The number of fused-ring (bicyclic) bond motifs is 1. The van der Waals surface area contributed by atoms with Gasteiger partial charge in [-0.25, -0.2) is 14.0 Å². The van der Waals surface area contributed by atoms with Crippen LogP contribution < -0.4 is 16.6 Å². The van der Waals surface area contributed by atoms with Crippen LogP contribution in [0.5, 0.6) is 0 Å². The molecule has 5 rings (SSSR count). The van der Waals surface area contributed by atoms with E-state index in [1.807, 2.05) is 24.3 Å². The van der Waals surface area contributed by atoms with Crippen LogP contribution in [0.3, 0.4) is 0 Å². The van der Waals surface area contributed by atoms with E-state index in [1.54, 1.807) is 16.7 Å². The van der Waals surface area contributed by atoms with Gasteiger partial charge < -0.3 is 19.9 Å². The molecule has 2 aliphatic heterocycles. The minimum absolute atomic E-state index is 0.0000431. The number of likely N-dealkylation sites (tertiary alicyclic amines) is 1. The first kappa shape index (κ1) is 28.6. The number of halogens is 2. The van der Waals surface area contributed by atoms with Gasteiger partial charge in [-0.05, 0) is 37.5 Å². The number of nitrogens with one attached hydrogen (secondary N) is 1. The van der Waals surface area contributed by atoms with Crippen molar-refractivity contribution >= 4 is 29.2 Å². The van der Waals surface area contributed by atoms with Crippen molar-refractivity contribution in [2.24, 2.45) is 0 Å². The second kappa shape index (κ2) is 11.9. The predicted molar refractivity (Wildman–Crippen MR) is 153 cm³/mol. The van der Waals surface area contributed by atoms with Crippen LogP contribution in [0.4, 0.5) is 14.9 Å². The molecule has 3 heterocycles. The largest absolute Gasteiger partial charge is 0.383 e. The lowest BCUT2D eigenvalue weighted by molar-refractivity contribution is -0.133.